The van der Waals surface area contributed by atoms with Gasteiger partial charge in [-0.2, -0.15) is 13.2 Å². The van der Waals surface area contributed by atoms with Gasteiger partial charge in [0.1, 0.15) is 6.54 Å². The van der Waals surface area contributed by atoms with Crippen molar-refractivity contribution in [1.29, 1.82) is 0 Å². The SMILES string of the molecule is CCCN(CC(F)(F)F)c1cccnc1C(=O)O. The molecule has 1 heterocycles. The lowest BCUT2D eigenvalue weighted by atomic mass is 10.2. The maximum Gasteiger partial charge on any atom is 0.405 e. The second-order valence-electron chi connectivity index (χ2n) is 3.71. The fourth-order valence-corrected chi connectivity index (χ4v) is 1.59. The third kappa shape index (κ3) is 3.90. The first kappa shape index (κ1) is 14.3. The zero-order valence-electron chi connectivity index (χ0n) is 9.74. The largest absolute Gasteiger partial charge is 0.476 e. The van der Waals surface area contributed by atoms with E-state index in [4.69, 9.17) is 5.11 Å². The van der Waals surface area contributed by atoms with E-state index in [2.05, 4.69) is 4.98 Å². The molecular weight excluding hydrogens is 249 g/mol. The minimum absolute atomic E-state index is 0.0100. The molecule has 1 aromatic heterocycles. The van der Waals surface area contributed by atoms with Crippen LogP contribution in [0.25, 0.3) is 0 Å². The van der Waals surface area contributed by atoms with Crippen LogP contribution < -0.4 is 4.90 Å². The number of carboxylic acid groups (broad SMARTS) is 1. The van der Waals surface area contributed by atoms with Crippen LogP contribution in [0, 0.1) is 0 Å². The van der Waals surface area contributed by atoms with Crippen LogP contribution in [-0.2, 0) is 0 Å². The van der Waals surface area contributed by atoms with E-state index in [1.807, 2.05) is 0 Å². The zero-order chi connectivity index (χ0) is 13.8. The van der Waals surface area contributed by atoms with Gasteiger partial charge in [-0.15, -0.1) is 0 Å². The van der Waals surface area contributed by atoms with E-state index in [-0.39, 0.29) is 17.9 Å². The number of halogens is 3. The molecule has 100 valence electrons. The Morgan fingerprint density at radius 3 is 2.67 bits per heavy atom. The molecule has 1 N–H and O–H groups in total. The van der Waals surface area contributed by atoms with Crippen molar-refractivity contribution in [3.63, 3.8) is 0 Å². The highest BCUT2D eigenvalue weighted by Crippen LogP contribution is 2.24. The van der Waals surface area contributed by atoms with Gasteiger partial charge in [0.25, 0.3) is 0 Å². The summed E-state index contributed by atoms with van der Waals surface area (Å²) < 4.78 is 37.3. The van der Waals surface area contributed by atoms with Crippen LogP contribution >= 0.6 is 0 Å². The van der Waals surface area contributed by atoms with Gasteiger partial charge in [-0.05, 0) is 18.6 Å². The Kier molecular flexibility index (Phi) is 4.52. The molecule has 0 atom stereocenters. The maximum atomic E-state index is 12.4. The zero-order valence-corrected chi connectivity index (χ0v) is 9.74. The van der Waals surface area contributed by atoms with Crippen molar-refractivity contribution in [2.45, 2.75) is 19.5 Å². The lowest BCUT2D eigenvalue weighted by Crippen LogP contribution is -2.36. The molecule has 1 aromatic rings. The van der Waals surface area contributed by atoms with Gasteiger partial charge in [-0.3, -0.25) is 0 Å². The molecule has 1 rings (SSSR count). The summed E-state index contributed by atoms with van der Waals surface area (Å²) in [4.78, 5) is 15.5. The first-order valence-electron chi connectivity index (χ1n) is 5.35. The van der Waals surface area contributed by atoms with Crippen molar-refractivity contribution in [1.82, 2.24) is 4.98 Å². The summed E-state index contributed by atoms with van der Waals surface area (Å²) in [6, 6.07) is 2.75. The average Bonchev–Trinajstić information content (AvgIpc) is 2.26. The molecule has 0 fully saturated rings. The third-order valence-corrected chi connectivity index (χ3v) is 2.19. The van der Waals surface area contributed by atoms with Gasteiger partial charge in [-0.1, -0.05) is 6.92 Å². The number of aromatic carboxylic acids is 1. The minimum atomic E-state index is -4.39. The van der Waals surface area contributed by atoms with Crippen molar-refractivity contribution < 1.29 is 23.1 Å². The fourth-order valence-electron chi connectivity index (χ4n) is 1.59. The predicted molar refractivity (Wildman–Crippen MR) is 59.8 cm³/mol. The van der Waals surface area contributed by atoms with E-state index >= 15 is 0 Å². The Bertz CT molecular complexity index is 421. The molecule has 4 nitrogen and oxygen atoms in total. The van der Waals surface area contributed by atoms with Crippen molar-refractivity contribution in [2.75, 3.05) is 18.0 Å². The summed E-state index contributed by atoms with van der Waals surface area (Å²) >= 11 is 0. The normalized spacial score (nSPS) is 11.3. The highest BCUT2D eigenvalue weighted by Gasteiger charge is 2.32. The number of anilines is 1. The molecule has 0 unspecified atom stereocenters. The Morgan fingerprint density at radius 1 is 1.50 bits per heavy atom. The molecule has 0 amide bonds. The van der Waals surface area contributed by atoms with E-state index in [1.54, 1.807) is 6.92 Å². The molecule has 0 radical (unpaired) electrons. The van der Waals surface area contributed by atoms with Gasteiger partial charge in [-0.25, -0.2) is 9.78 Å². The van der Waals surface area contributed by atoms with Crippen LogP contribution in [0.4, 0.5) is 18.9 Å². The first-order valence-corrected chi connectivity index (χ1v) is 5.35. The van der Waals surface area contributed by atoms with Crippen LogP contribution in [0.5, 0.6) is 0 Å². The number of hydrogen-bond acceptors (Lipinski definition) is 3. The highest BCUT2D eigenvalue weighted by atomic mass is 19.4. The lowest BCUT2D eigenvalue weighted by molar-refractivity contribution is -0.119. The minimum Gasteiger partial charge on any atom is -0.476 e. The number of pyridine rings is 1. The van der Waals surface area contributed by atoms with Gasteiger partial charge < -0.3 is 10.0 Å². The molecule has 0 aliphatic rings. The van der Waals surface area contributed by atoms with Crippen LogP contribution in [0.15, 0.2) is 18.3 Å². The first-order chi connectivity index (χ1) is 8.35. The number of nitrogens with zero attached hydrogens (tertiary/aromatic N) is 2. The number of rotatable bonds is 5. The molecule has 0 spiro atoms. The number of carbonyl (C=O) groups is 1. The van der Waals surface area contributed by atoms with Crippen LogP contribution in [-0.4, -0.2) is 35.3 Å². The Hall–Kier alpha value is -1.79. The third-order valence-electron chi connectivity index (χ3n) is 2.19. The van der Waals surface area contributed by atoms with Gasteiger partial charge in [0.15, 0.2) is 5.69 Å². The van der Waals surface area contributed by atoms with Crippen LogP contribution in [0.1, 0.15) is 23.8 Å². The van der Waals surface area contributed by atoms with Gasteiger partial charge in [0, 0.05) is 12.7 Å². The molecule has 0 saturated heterocycles. The molecule has 0 aliphatic carbocycles. The fraction of sp³-hybridized carbons (Fsp3) is 0.455. The molecule has 0 saturated carbocycles. The number of hydrogen-bond donors (Lipinski definition) is 1. The summed E-state index contributed by atoms with van der Waals surface area (Å²) in [5.41, 5.74) is -0.376. The van der Waals surface area contributed by atoms with E-state index in [0.29, 0.717) is 6.42 Å². The molecule has 18 heavy (non-hydrogen) atoms. The van der Waals surface area contributed by atoms with Crippen molar-refractivity contribution >= 4 is 11.7 Å². The van der Waals surface area contributed by atoms with Crippen molar-refractivity contribution in [3.8, 4) is 0 Å². The molecule has 0 aliphatic heterocycles. The Morgan fingerprint density at radius 2 is 2.17 bits per heavy atom. The molecular formula is C11H13F3N2O2. The van der Waals surface area contributed by atoms with Crippen molar-refractivity contribution in [3.05, 3.63) is 24.0 Å². The van der Waals surface area contributed by atoms with Crippen LogP contribution in [0.3, 0.4) is 0 Å². The highest BCUT2D eigenvalue weighted by molar-refractivity contribution is 5.92. The van der Waals surface area contributed by atoms with E-state index < -0.39 is 18.7 Å². The van der Waals surface area contributed by atoms with Gasteiger partial charge in [0.05, 0.1) is 5.69 Å². The second kappa shape index (κ2) is 5.70. The number of alkyl halides is 3. The summed E-state index contributed by atoms with van der Waals surface area (Å²) in [5, 5.41) is 8.91. The predicted octanol–water partition coefficient (Wildman–Crippen LogP) is 2.56. The van der Waals surface area contributed by atoms with E-state index in [0.717, 1.165) is 4.90 Å². The second-order valence-corrected chi connectivity index (χ2v) is 3.71. The van der Waals surface area contributed by atoms with Crippen LogP contribution in [0.2, 0.25) is 0 Å². The van der Waals surface area contributed by atoms with Gasteiger partial charge in [0.2, 0.25) is 0 Å². The molecule has 0 aromatic carbocycles. The smallest absolute Gasteiger partial charge is 0.405 e. The van der Waals surface area contributed by atoms with Crippen molar-refractivity contribution in [2.24, 2.45) is 0 Å². The lowest BCUT2D eigenvalue weighted by Gasteiger charge is -2.26. The monoisotopic (exact) mass is 262 g/mol. The number of aromatic nitrogens is 1. The topological polar surface area (TPSA) is 53.4 Å². The van der Waals surface area contributed by atoms with E-state index in [1.165, 1.54) is 18.3 Å². The van der Waals surface area contributed by atoms with Gasteiger partial charge >= 0.3 is 12.1 Å². The Balaban J connectivity index is 3.09. The number of carboxylic acids is 1. The summed E-state index contributed by atoms with van der Waals surface area (Å²) in [6.45, 7) is 0.651. The standard InChI is InChI=1S/C11H13F3N2O2/c1-2-6-16(7-11(12,13)14)8-4-3-5-15-9(8)10(17)18/h3-5H,2,6-7H2,1H3,(H,17,18). The summed E-state index contributed by atoms with van der Waals surface area (Å²) in [7, 11) is 0. The molecule has 7 heteroatoms. The quantitative estimate of drug-likeness (QED) is 0.886. The summed E-state index contributed by atoms with van der Waals surface area (Å²) in [6.07, 6.45) is -2.67. The maximum absolute atomic E-state index is 12.4. The summed E-state index contributed by atoms with van der Waals surface area (Å²) in [5.74, 6) is -1.34. The Labute approximate surface area is 102 Å². The molecule has 0 bridgehead atoms. The van der Waals surface area contributed by atoms with E-state index in [9.17, 15) is 18.0 Å². The average molecular weight is 262 g/mol.